The summed E-state index contributed by atoms with van der Waals surface area (Å²) >= 11 is 0. The zero-order valence-electron chi connectivity index (χ0n) is 12.5. The largest absolute Gasteiger partial charge is 0.399 e. The van der Waals surface area contributed by atoms with Gasteiger partial charge < -0.3 is 5.73 Å². The van der Waals surface area contributed by atoms with Crippen LogP contribution in [0.2, 0.25) is 0 Å². The molecular formula is C15H23FN2O2S. The SMILES string of the molecule is Cc1cc(N)cc(S(=O)(=O)NC2CCCCCC2C)c1F. The van der Waals surface area contributed by atoms with E-state index >= 15 is 0 Å². The Morgan fingerprint density at radius 2 is 1.90 bits per heavy atom. The Labute approximate surface area is 126 Å². The number of anilines is 1. The van der Waals surface area contributed by atoms with Crippen molar-refractivity contribution in [1.29, 1.82) is 0 Å². The van der Waals surface area contributed by atoms with Crippen molar-refractivity contribution in [2.24, 2.45) is 5.92 Å². The zero-order valence-corrected chi connectivity index (χ0v) is 13.3. The summed E-state index contributed by atoms with van der Waals surface area (Å²) in [5.41, 5.74) is 6.14. The molecule has 2 atom stereocenters. The van der Waals surface area contributed by atoms with Crippen molar-refractivity contribution in [2.75, 3.05) is 5.73 Å². The van der Waals surface area contributed by atoms with Gasteiger partial charge in [-0.05, 0) is 43.4 Å². The summed E-state index contributed by atoms with van der Waals surface area (Å²) in [6, 6.07) is 2.48. The molecule has 1 aliphatic carbocycles. The molecule has 1 aromatic rings. The number of halogens is 1. The van der Waals surface area contributed by atoms with Gasteiger partial charge in [-0.3, -0.25) is 0 Å². The topological polar surface area (TPSA) is 72.2 Å². The van der Waals surface area contributed by atoms with Crippen LogP contribution >= 0.6 is 0 Å². The van der Waals surface area contributed by atoms with Crippen molar-refractivity contribution < 1.29 is 12.8 Å². The third-order valence-electron chi connectivity index (χ3n) is 4.20. The molecule has 0 saturated heterocycles. The Balaban J connectivity index is 2.30. The van der Waals surface area contributed by atoms with E-state index in [-0.39, 0.29) is 28.1 Å². The summed E-state index contributed by atoms with van der Waals surface area (Å²) in [6.07, 6.45) is 5.02. The van der Waals surface area contributed by atoms with Crippen molar-refractivity contribution in [3.05, 3.63) is 23.5 Å². The van der Waals surface area contributed by atoms with Crippen LogP contribution in [0.1, 0.15) is 44.6 Å². The molecule has 0 amide bonds. The molecule has 1 aliphatic rings. The summed E-state index contributed by atoms with van der Waals surface area (Å²) in [4.78, 5) is -0.351. The van der Waals surface area contributed by atoms with Crippen LogP contribution in [0.4, 0.5) is 10.1 Å². The normalized spacial score (nSPS) is 23.8. The van der Waals surface area contributed by atoms with Crippen molar-refractivity contribution in [3.63, 3.8) is 0 Å². The lowest BCUT2D eigenvalue weighted by molar-refractivity contribution is 0.398. The minimum Gasteiger partial charge on any atom is -0.399 e. The molecule has 0 radical (unpaired) electrons. The average Bonchev–Trinajstić information content (AvgIpc) is 2.59. The van der Waals surface area contributed by atoms with Gasteiger partial charge in [0.15, 0.2) is 0 Å². The van der Waals surface area contributed by atoms with Crippen LogP contribution in [0, 0.1) is 18.7 Å². The zero-order chi connectivity index (χ0) is 15.6. The Hall–Kier alpha value is -1.14. The fraction of sp³-hybridized carbons (Fsp3) is 0.600. The number of aryl methyl sites for hydroxylation is 1. The highest BCUT2D eigenvalue weighted by molar-refractivity contribution is 7.89. The molecule has 6 heteroatoms. The third-order valence-corrected chi connectivity index (χ3v) is 5.69. The standard InChI is InChI=1S/C15H23FN2O2S/c1-10-6-4-3-5-7-13(10)18-21(19,20)14-9-12(17)8-11(2)15(14)16/h8-10,13,18H,3-7,17H2,1-2H3. The molecule has 0 bridgehead atoms. The molecular weight excluding hydrogens is 291 g/mol. The van der Waals surface area contributed by atoms with E-state index in [1.165, 1.54) is 19.1 Å². The van der Waals surface area contributed by atoms with Gasteiger partial charge >= 0.3 is 0 Å². The fourth-order valence-corrected chi connectivity index (χ4v) is 4.45. The quantitative estimate of drug-likeness (QED) is 0.665. The highest BCUT2D eigenvalue weighted by Gasteiger charge is 2.28. The smallest absolute Gasteiger partial charge is 0.243 e. The van der Waals surface area contributed by atoms with E-state index in [2.05, 4.69) is 4.72 Å². The summed E-state index contributed by atoms with van der Waals surface area (Å²) in [7, 11) is -3.89. The minimum absolute atomic E-state index is 0.140. The van der Waals surface area contributed by atoms with E-state index in [0.717, 1.165) is 32.1 Å². The van der Waals surface area contributed by atoms with Gasteiger partial charge in [-0.1, -0.05) is 26.2 Å². The molecule has 118 valence electrons. The van der Waals surface area contributed by atoms with Crippen molar-refractivity contribution in [1.82, 2.24) is 4.72 Å². The first kappa shape index (κ1) is 16.2. The van der Waals surface area contributed by atoms with Gasteiger partial charge in [-0.25, -0.2) is 17.5 Å². The lowest BCUT2D eigenvalue weighted by Gasteiger charge is -2.23. The van der Waals surface area contributed by atoms with E-state index in [1.54, 1.807) is 0 Å². The average molecular weight is 314 g/mol. The first-order valence-corrected chi connectivity index (χ1v) is 8.87. The molecule has 3 N–H and O–H groups in total. The number of sulfonamides is 1. The number of hydrogen-bond acceptors (Lipinski definition) is 3. The van der Waals surface area contributed by atoms with Crippen LogP contribution in [0.5, 0.6) is 0 Å². The second-order valence-corrected chi connectivity index (χ2v) is 7.68. The van der Waals surface area contributed by atoms with Gasteiger partial charge in [0.1, 0.15) is 10.7 Å². The second-order valence-electron chi connectivity index (χ2n) is 5.99. The number of nitrogens with two attached hydrogens (primary N) is 1. The first-order valence-electron chi connectivity index (χ1n) is 7.39. The van der Waals surface area contributed by atoms with Crippen molar-refractivity contribution >= 4 is 15.7 Å². The van der Waals surface area contributed by atoms with Crippen LogP contribution < -0.4 is 10.5 Å². The lowest BCUT2D eigenvalue weighted by Crippen LogP contribution is -2.39. The predicted molar refractivity (Wildman–Crippen MR) is 81.9 cm³/mol. The molecule has 0 spiro atoms. The monoisotopic (exact) mass is 314 g/mol. The van der Waals surface area contributed by atoms with Crippen LogP contribution in [0.15, 0.2) is 17.0 Å². The van der Waals surface area contributed by atoms with E-state index < -0.39 is 15.8 Å². The molecule has 1 fully saturated rings. The van der Waals surface area contributed by atoms with Crippen LogP contribution in [-0.4, -0.2) is 14.5 Å². The Morgan fingerprint density at radius 3 is 2.62 bits per heavy atom. The fourth-order valence-electron chi connectivity index (χ4n) is 2.89. The minimum atomic E-state index is -3.89. The predicted octanol–water partition coefficient (Wildman–Crippen LogP) is 2.96. The van der Waals surface area contributed by atoms with Gasteiger partial charge in [0, 0.05) is 11.7 Å². The summed E-state index contributed by atoms with van der Waals surface area (Å²) in [5.74, 6) is -0.467. The highest BCUT2D eigenvalue weighted by Crippen LogP contribution is 2.26. The van der Waals surface area contributed by atoms with Crippen molar-refractivity contribution in [2.45, 2.75) is 56.9 Å². The number of benzene rings is 1. The van der Waals surface area contributed by atoms with Gasteiger partial charge in [0.25, 0.3) is 0 Å². The van der Waals surface area contributed by atoms with Crippen LogP contribution in [-0.2, 0) is 10.0 Å². The summed E-state index contributed by atoms with van der Waals surface area (Å²) < 4.78 is 41.8. The number of rotatable bonds is 3. The van der Waals surface area contributed by atoms with Crippen LogP contribution in [0.25, 0.3) is 0 Å². The van der Waals surface area contributed by atoms with E-state index in [0.29, 0.717) is 0 Å². The highest BCUT2D eigenvalue weighted by atomic mass is 32.2. The maximum Gasteiger partial charge on any atom is 0.243 e. The molecule has 2 unspecified atom stereocenters. The third kappa shape index (κ3) is 3.74. The van der Waals surface area contributed by atoms with Gasteiger partial charge in [-0.2, -0.15) is 0 Å². The number of nitrogen functional groups attached to an aromatic ring is 1. The van der Waals surface area contributed by atoms with E-state index in [4.69, 9.17) is 5.73 Å². The van der Waals surface area contributed by atoms with Crippen LogP contribution in [0.3, 0.4) is 0 Å². The maximum absolute atomic E-state index is 14.1. The van der Waals surface area contributed by atoms with Gasteiger partial charge in [0.05, 0.1) is 0 Å². The Kier molecular flexibility index (Phi) is 4.88. The molecule has 0 aromatic heterocycles. The lowest BCUT2D eigenvalue weighted by atomic mass is 9.98. The Morgan fingerprint density at radius 1 is 1.24 bits per heavy atom. The second kappa shape index (κ2) is 6.32. The molecule has 1 aromatic carbocycles. The maximum atomic E-state index is 14.1. The van der Waals surface area contributed by atoms with E-state index in [9.17, 15) is 12.8 Å². The summed E-state index contributed by atoms with van der Waals surface area (Å²) in [5, 5.41) is 0. The molecule has 0 aliphatic heterocycles. The van der Waals surface area contributed by atoms with Crippen molar-refractivity contribution in [3.8, 4) is 0 Å². The van der Waals surface area contributed by atoms with E-state index in [1.807, 2.05) is 6.92 Å². The van der Waals surface area contributed by atoms with Gasteiger partial charge in [-0.15, -0.1) is 0 Å². The Bertz CT molecular complexity index is 616. The van der Waals surface area contributed by atoms with Gasteiger partial charge in [0.2, 0.25) is 10.0 Å². The number of nitrogens with one attached hydrogen (secondary N) is 1. The molecule has 1 saturated carbocycles. The first-order chi connectivity index (χ1) is 9.81. The molecule has 0 heterocycles. The number of hydrogen-bond donors (Lipinski definition) is 2. The molecule has 4 nitrogen and oxygen atoms in total. The molecule has 21 heavy (non-hydrogen) atoms. The molecule has 2 rings (SSSR count). The summed E-state index contributed by atoms with van der Waals surface area (Å²) in [6.45, 7) is 3.55.